The van der Waals surface area contributed by atoms with Crippen LogP contribution in [0.15, 0.2) is 22.8 Å². The SMILES string of the molecule is CC1CC(c2ccc(Br)cn2)CN1. The molecule has 1 fully saturated rings. The van der Waals surface area contributed by atoms with E-state index in [1.54, 1.807) is 0 Å². The number of rotatable bonds is 1. The second-order valence-corrected chi connectivity index (χ2v) is 4.56. The maximum atomic E-state index is 4.41. The van der Waals surface area contributed by atoms with Crippen molar-refractivity contribution >= 4 is 15.9 Å². The molecule has 1 aliphatic rings. The summed E-state index contributed by atoms with van der Waals surface area (Å²) in [5.74, 6) is 0.600. The van der Waals surface area contributed by atoms with Crippen molar-refractivity contribution < 1.29 is 0 Å². The van der Waals surface area contributed by atoms with Crippen LogP contribution in [0, 0.1) is 0 Å². The zero-order valence-electron chi connectivity index (χ0n) is 7.63. The number of aromatic nitrogens is 1. The first kappa shape index (κ1) is 9.16. The zero-order chi connectivity index (χ0) is 9.26. The molecule has 1 aromatic heterocycles. The maximum Gasteiger partial charge on any atom is 0.0448 e. The van der Waals surface area contributed by atoms with E-state index in [1.165, 1.54) is 12.1 Å². The van der Waals surface area contributed by atoms with E-state index in [4.69, 9.17) is 0 Å². The normalized spacial score (nSPS) is 27.8. The summed E-state index contributed by atoms with van der Waals surface area (Å²) in [6.45, 7) is 3.29. The summed E-state index contributed by atoms with van der Waals surface area (Å²) in [4.78, 5) is 4.41. The first-order valence-electron chi connectivity index (χ1n) is 4.60. The van der Waals surface area contributed by atoms with E-state index in [9.17, 15) is 0 Å². The minimum atomic E-state index is 0.600. The molecule has 3 heteroatoms. The Balaban J connectivity index is 2.13. The third kappa shape index (κ3) is 2.09. The van der Waals surface area contributed by atoms with E-state index in [-0.39, 0.29) is 0 Å². The summed E-state index contributed by atoms with van der Waals surface area (Å²) >= 11 is 3.39. The van der Waals surface area contributed by atoms with E-state index >= 15 is 0 Å². The minimum absolute atomic E-state index is 0.600. The van der Waals surface area contributed by atoms with Gasteiger partial charge in [0.1, 0.15) is 0 Å². The van der Waals surface area contributed by atoms with Crippen molar-refractivity contribution in [1.29, 1.82) is 0 Å². The summed E-state index contributed by atoms with van der Waals surface area (Å²) in [6, 6.07) is 4.80. The Kier molecular flexibility index (Phi) is 2.65. The molecule has 1 N–H and O–H groups in total. The lowest BCUT2D eigenvalue weighted by Gasteiger charge is -2.06. The van der Waals surface area contributed by atoms with Gasteiger partial charge >= 0.3 is 0 Å². The molecule has 1 saturated heterocycles. The van der Waals surface area contributed by atoms with E-state index in [0.717, 1.165) is 11.0 Å². The van der Waals surface area contributed by atoms with Crippen LogP contribution in [-0.4, -0.2) is 17.6 Å². The van der Waals surface area contributed by atoms with Crippen LogP contribution in [0.4, 0.5) is 0 Å². The molecule has 0 radical (unpaired) electrons. The Hall–Kier alpha value is -0.410. The van der Waals surface area contributed by atoms with Crippen LogP contribution in [0.25, 0.3) is 0 Å². The second-order valence-electron chi connectivity index (χ2n) is 3.64. The van der Waals surface area contributed by atoms with Crippen LogP contribution < -0.4 is 5.32 Å². The highest BCUT2D eigenvalue weighted by Gasteiger charge is 2.22. The Morgan fingerprint density at radius 2 is 2.38 bits per heavy atom. The molecule has 13 heavy (non-hydrogen) atoms. The standard InChI is InChI=1S/C10H13BrN2/c1-7-4-8(5-12-7)10-3-2-9(11)6-13-10/h2-3,6-8,12H,4-5H2,1H3. The lowest BCUT2D eigenvalue weighted by Crippen LogP contribution is -2.16. The number of nitrogens with one attached hydrogen (secondary N) is 1. The minimum Gasteiger partial charge on any atom is -0.314 e. The molecule has 2 rings (SSSR count). The van der Waals surface area contributed by atoms with Gasteiger partial charge in [0.25, 0.3) is 0 Å². The molecule has 1 aliphatic heterocycles. The Morgan fingerprint density at radius 1 is 1.54 bits per heavy atom. The number of hydrogen-bond donors (Lipinski definition) is 1. The van der Waals surface area contributed by atoms with E-state index in [0.29, 0.717) is 12.0 Å². The van der Waals surface area contributed by atoms with Gasteiger partial charge in [0.15, 0.2) is 0 Å². The van der Waals surface area contributed by atoms with Gasteiger partial charge < -0.3 is 5.32 Å². The molecule has 70 valence electrons. The Morgan fingerprint density at radius 3 is 2.92 bits per heavy atom. The number of hydrogen-bond acceptors (Lipinski definition) is 2. The second kappa shape index (κ2) is 3.76. The van der Waals surface area contributed by atoms with Gasteiger partial charge in [-0.25, -0.2) is 0 Å². The van der Waals surface area contributed by atoms with Crippen molar-refractivity contribution in [3.8, 4) is 0 Å². The smallest absolute Gasteiger partial charge is 0.0448 e. The summed E-state index contributed by atoms with van der Waals surface area (Å²) in [7, 11) is 0. The zero-order valence-corrected chi connectivity index (χ0v) is 9.21. The predicted octanol–water partition coefficient (Wildman–Crippen LogP) is 2.31. The first-order valence-corrected chi connectivity index (χ1v) is 5.40. The molecule has 2 unspecified atom stereocenters. The van der Waals surface area contributed by atoms with Crippen LogP contribution in [0.2, 0.25) is 0 Å². The van der Waals surface area contributed by atoms with Gasteiger partial charge in [-0.3, -0.25) is 4.98 Å². The van der Waals surface area contributed by atoms with Gasteiger partial charge in [0.2, 0.25) is 0 Å². The van der Waals surface area contributed by atoms with Gasteiger partial charge in [0.05, 0.1) is 0 Å². The molecular formula is C10H13BrN2. The molecule has 0 aliphatic carbocycles. The average Bonchev–Trinajstić information content (AvgIpc) is 2.53. The number of pyridine rings is 1. The van der Waals surface area contributed by atoms with Crippen molar-refractivity contribution in [2.45, 2.75) is 25.3 Å². The highest BCUT2D eigenvalue weighted by Crippen LogP contribution is 2.24. The van der Waals surface area contributed by atoms with Crippen molar-refractivity contribution in [1.82, 2.24) is 10.3 Å². The average molecular weight is 241 g/mol. The van der Waals surface area contributed by atoms with Crippen molar-refractivity contribution in [3.05, 3.63) is 28.5 Å². The third-order valence-corrected chi connectivity index (χ3v) is 2.99. The Bertz CT molecular complexity index is 283. The van der Waals surface area contributed by atoms with Crippen LogP contribution in [0.1, 0.15) is 25.0 Å². The topological polar surface area (TPSA) is 24.9 Å². The number of nitrogens with zero attached hydrogens (tertiary/aromatic N) is 1. The summed E-state index contributed by atoms with van der Waals surface area (Å²) in [6.07, 6.45) is 3.08. The molecule has 0 spiro atoms. The lowest BCUT2D eigenvalue weighted by molar-refractivity contribution is 0.656. The van der Waals surface area contributed by atoms with Gasteiger partial charge in [-0.2, -0.15) is 0 Å². The molecule has 2 atom stereocenters. The molecule has 1 aromatic rings. The molecule has 0 aromatic carbocycles. The monoisotopic (exact) mass is 240 g/mol. The fourth-order valence-electron chi connectivity index (χ4n) is 1.79. The maximum absolute atomic E-state index is 4.41. The summed E-state index contributed by atoms with van der Waals surface area (Å²) in [5.41, 5.74) is 1.21. The van der Waals surface area contributed by atoms with Gasteiger partial charge in [-0.1, -0.05) is 0 Å². The van der Waals surface area contributed by atoms with Gasteiger partial charge in [0, 0.05) is 34.9 Å². The van der Waals surface area contributed by atoms with E-state index in [1.807, 2.05) is 6.20 Å². The molecule has 0 bridgehead atoms. The third-order valence-electron chi connectivity index (χ3n) is 2.52. The quantitative estimate of drug-likeness (QED) is 0.816. The lowest BCUT2D eigenvalue weighted by atomic mass is 10.0. The van der Waals surface area contributed by atoms with Crippen LogP contribution >= 0.6 is 15.9 Å². The first-order chi connectivity index (χ1) is 6.25. The fraction of sp³-hybridized carbons (Fsp3) is 0.500. The van der Waals surface area contributed by atoms with Crippen LogP contribution in [0.3, 0.4) is 0 Å². The predicted molar refractivity (Wildman–Crippen MR) is 56.8 cm³/mol. The van der Waals surface area contributed by atoms with Crippen LogP contribution in [-0.2, 0) is 0 Å². The molecule has 2 nitrogen and oxygen atoms in total. The van der Waals surface area contributed by atoms with E-state index in [2.05, 4.69) is 45.3 Å². The van der Waals surface area contributed by atoms with Gasteiger partial charge in [-0.05, 0) is 41.4 Å². The van der Waals surface area contributed by atoms with Crippen molar-refractivity contribution in [2.75, 3.05) is 6.54 Å². The Labute approximate surface area is 86.9 Å². The van der Waals surface area contributed by atoms with Crippen LogP contribution in [0.5, 0.6) is 0 Å². The van der Waals surface area contributed by atoms with Gasteiger partial charge in [-0.15, -0.1) is 0 Å². The molecule has 0 amide bonds. The highest BCUT2D eigenvalue weighted by atomic mass is 79.9. The largest absolute Gasteiger partial charge is 0.314 e. The molecular weight excluding hydrogens is 228 g/mol. The summed E-state index contributed by atoms with van der Waals surface area (Å²) in [5, 5.41) is 3.43. The summed E-state index contributed by atoms with van der Waals surface area (Å²) < 4.78 is 1.05. The molecule has 2 heterocycles. The highest BCUT2D eigenvalue weighted by molar-refractivity contribution is 9.10. The van der Waals surface area contributed by atoms with E-state index < -0.39 is 0 Å². The fourth-order valence-corrected chi connectivity index (χ4v) is 2.03. The molecule has 0 saturated carbocycles. The van der Waals surface area contributed by atoms with Crippen molar-refractivity contribution in [3.63, 3.8) is 0 Å². The van der Waals surface area contributed by atoms with Crippen molar-refractivity contribution in [2.24, 2.45) is 0 Å². The number of halogens is 1.